The first-order valence-electron chi connectivity index (χ1n) is 8.43. The summed E-state index contributed by atoms with van der Waals surface area (Å²) in [6, 6.07) is 7.64. The maximum absolute atomic E-state index is 13.1. The van der Waals surface area contributed by atoms with Crippen LogP contribution in [0.15, 0.2) is 46.8 Å². The number of nitrogens with zero attached hydrogens (tertiary/aromatic N) is 4. The molecule has 8 heteroatoms. The number of fused-ring (bicyclic) bond motifs is 2. The third-order valence-electron chi connectivity index (χ3n) is 4.81. The van der Waals surface area contributed by atoms with Crippen molar-refractivity contribution in [3.8, 4) is 0 Å². The lowest BCUT2D eigenvalue weighted by Crippen LogP contribution is -2.35. The predicted octanol–water partition coefficient (Wildman–Crippen LogP) is 2.61. The highest BCUT2D eigenvalue weighted by Crippen LogP contribution is 2.32. The molecular weight excluding hydrogens is 350 g/mol. The first-order chi connectivity index (χ1) is 12.7. The molecule has 130 valence electrons. The summed E-state index contributed by atoms with van der Waals surface area (Å²) in [6.45, 7) is 0.603. The third-order valence-corrected chi connectivity index (χ3v) is 5.58. The molecule has 1 unspecified atom stereocenters. The lowest BCUT2D eigenvalue weighted by molar-refractivity contribution is 0.0728. The lowest BCUT2D eigenvalue weighted by atomic mass is 10.2. The monoisotopic (exact) mass is 365 g/mol. The van der Waals surface area contributed by atoms with Gasteiger partial charge in [-0.2, -0.15) is 0 Å². The highest BCUT2D eigenvalue weighted by Gasteiger charge is 2.34. The molecule has 1 fully saturated rings. The molecule has 0 radical (unpaired) electrons. The van der Waals surface area contributed by atoms with Crippen molar-refractivity contribution in [3.63, 3.8) is 0 Å². The number of H-pyrrole nitrogens is 1. The van der Waals surface area contributed by atoms with Crippen LogP contribution >= 0.6 is 11.3 Å². The van der Waals surface area contributed by atoms with E-state index in [9.17, 15) is 9.59 Å². The van der Waals surface area contributed by atoms with E-state index in [4.69, 9.17) is 0 Å². The number of aromatic nitrogens is 4. The minimum absolute atomic E-state index is 0.101. The number of para-hydroxylation sites is 2. The van der Waals surface area contributed by atoms with E-state index in [2.05, 4.69) is 15.0 Å². The molecule has 4 heterocycles. The number of aromatic amines is 1. The van der Waals surface area contributed by atoms with E-state index in [0.717, 1.165) is 29.7 Å². The molecule has 0 aliphatic carbocycles. The van der Waals surface area contributed by atoms with Gasteiger partial charge in [0.15, 0.2) is 4.96 Å². The molecule has 1 amide bonds. The van der Waals surface area contributed by atoms with E-state index in [0.29, 0.717) is 11.5 Å². The zero-order chi connectivity index (χ0) is 17.7. The second-order valence-electron chi connectivity index (χ2n) is 6.33. The van der Waals surface area contributed by atoms with Crippen LogP contribution in [0.3, 0.4) is 0 Å². The van der Waals surface area contributed by atoms with Gasteiger partial charge in [-0.3, -0.25) is 14.0 Å². The zero-order valence-electron chi connectivity index (χ0n) is 13.8. The topological polar surface area (TPSA) is 83.4 Å². The molecule has 5 rings (SSSR count). The smallest absolute Gasteiger partial charge is 0.271 e. The summed E-state index contributed by atoms with van der Waals surface area (Å²) < 4.78 is 1.42. The minimum atomic E-state index is -0.323. The Bertz CT molecular complexity index is 1160. The highest BCUT2D eigenvalue weighted by molar-refractivity contribution is 7.15. The van der Waals surface area contributed by atoms with Gasteiger partial charge >= 0.3 is 0 Å². The molecule has 3 aromatic heterocycles. The molecular formula is C18H15N5O2S. The summed E-state index contributed by atoms with van der Waals surface area (Å²) in [5, 5.41) is 1.78. The van der Waals surface area contributed by atoms with Crippen LogP contribution in [0.4, 0.5) is 0 Å². The maximum atomic E-state index is 13.1. The fourth-order valence-corrected chi connectivity index (χ4v) is 4.23. The Kier molecular flexibility index (Phi) is 3.39. The van der Waals surface area contributed by atoms with Crippen molar-refractivity contribution in [3.05, 3.63) is 63.8 Å². The Hall–Kier alpha value is -3.00. The van der Waals surface area contributed by atoms with Crippen LogP contribution in [0.1, 0.15) is 35.1 Å². The fourth-order valence-electron chi connectivity index (χ4n) is 3.55. The number of carbonyl (C=O) groups excluding carboxylic acids is 1. The zero-order valence-corrected chi connectivity index (χ0v) is 14.6. The van der Waals surface area contributed by atoms with Crippen LogP contribution < -0.4 is 5.56 Å². The van der Waals surface area contributed by atoms with Gasteiger partial charge in [0.05, 0.1) is 17.1 Å². The van der Waals surface area contributed by atoms with Crippen molar-refractivity contribution in [2.24, 2.45) is 0 Å². The van der Waals surface area contributed by atoms with Crippen molar-refractivity contribution >= 4 is 33.2 Å². The number of carbonyl (C=O) groups is 1. The average molecular weight is 365 g/mol. The standard InChI is InChI=1S/C18H15N5O2S/c24-16(11-10-19-18-23(17(11)25)8-9-26-18)22-7-3-6-14(22)15-20-12-4-1-2-5-13(12)21-15/h1-2,4-5,8-10,14H,3,6-7H2,(H,20,21). The van der Waals surface area contributed by atoms with E-state index in [-0.39, 0.29) is 23.1 Å². The van der Waals surface area contributed by atoms with Crippen molar-refractivity contribution in [2.75, 3.05) is 6.54 Å². The van der Waals surface area contributed by atoms with E-state index in [1.807, 2.05) is 24.3 Å². The summed E-state index contributed by atoms with van der Waals surface area (Å²) >= 11 is 1.37. The molecule has 7 nitrogen and oxygen atoms in total. The Morgan fingerprint density at radius 1 is 1.31 bits per heavy atom. The summed E-state index contributed by atoms with van der Waals surface area (Å²) in [5.74, 6) is 0.479. The van der Waals surface area contributed by atoms with Crippen molar-refractivity contribution in [2.45, 2.75) is 18.9 Å². The largest absolute Gasteiger partial charge is 0.340 e. The van der Waals surface area contributed by atoms with Gasteiger partial charge in [-0.25, -0.2) is 9.97 Å². The van der Waals surface area contributed by atoms with Crippen LogP contribution in [0.2, 0.25) is 0 Å². The minimum Gasteiger partial charge on any atom is -0.340 e. The van der Waals surface area contributed by atoms with Crippen LogP contribution in [0, 0.1) is 0 Å². The van der Waals surface area contributed by atoms with Gasteiger partial charge < -0.3 is 9.88 Å². The van der Waals surface area contributed by atoms with Crippen LogP contribution in [-0.2, 0) is 0 Å². The number of rotatable bonds is 2. The number of amides is 1. The number of benzene rings is 1. The summed E-state index contributed by atoms with van der Waals surface area (Å²) in [6.07, 6.45) is 4.74. The number of hydrogen-bond donors (Lipinski definition) is 1. The number of nitrogens with one attached hydrogen (secondary N) is 1. The first-order valence-corrected chi connectivity index (χ1v) is 9.31. The van der Waals surface area contributed by atoms with E-state index in [1.165, 1.54) is 21.9 Å². The summed E-state index contributed by atoms with van der Waals surface area (Å²) in [5.41, 5.74) is 1.60. The molecule has 26 heavy (non-hydrogen) atoms. The average Bonchev–Trinajstić information content (AvgIpc) is 3.38. The Morgan fingerprint density at radius 3 is 3.08 bits per heavy atom. The summed E-state index contributed by atoms with van der Waals surface area (Å²) in [4.78, 5) is 40.2. The third kappa shape index (κ3) is 2.26. The van der Waals surface area contributed by atoms with Gasteiger partial charge in [0.1, 0.15) is 11.4 Å². The van der Waals surface area contributed by atoms with E-state index >= 15 is 0 Å². The highest BCUT2D eigenvalue weighted by atomic mass is 32.1. The Morgan fingerprint density at radius 2 is 2.19 bits per heavy atom. The predicted molar refractivity (Wildman–Crippen MR) is 98.4 cm³/mol. The normalized spacial score (nSPS) is 17.4. The number of hydrogen-bond acceptors (Lipinski definition) is 5. The molecule has 0 spiro atoms. The van der Waals surface area contributed by atoms with E-state index in [1.54, 1.807) is 16.5 Å². The lowest BCUT2D eigenvalue weighted by Gasteiger charge is -2.22. The second kappa shape index (κ2) is 5.77. The molecule has 1 saturated heterocycles. The molecule has 1 aliphatic heterocycles. The van der Waals surface area contributed by atoms with Gasteiger partial charge in [0, 0.05) is 24.3 Å². The second-order valence-corrected chi connectivity index (χ2v) is 7.20. The van der Waals surface area contributed by atoms with Gasteiger partial charge in [-0.15, -0.1) is 11.3 Å². The van der Waals surface area contributed by atoms with Gasteiger partial charge in [0.25, 0.3) is 11.5 Å². The van der Waals surface area contributed by atoms with Crippen LogP contribution in [0.25, 0.3) is 16.0 Å². The fraction of sp³-hybridized carbons (Fsp3) is 0.222. The maximum Gasteiger partial charge on any atom is 0.271 e. The SMILES string of the molecule is O=C(c1cnc2sccn2c1=O)N1CCCC1c1nc2ccccc2[nH]1. The van der Waals surface area contributed by atoms with Gasteiger partial charge in [-0.1, -0.05) is 12.1 Å². The number of likely N-dealkylation sites (tertiary alicyclic amines) is 1. The molecule has 1 aliphatic rings. The molecule has 0 bridgehead atoms. The Balaban J connectivity index is 1.54. The number of imidazole rings is 1. The molecule has 1 N–H and O–H groups in total. The van der Waals surface area contributed by atoms with E-state index < -0.39 is 0 Å². The molecule has 1 atom stereocenters. The van der Waals surface area contributed by atoms with Crippen LogP contribution in [0.5, 0.6) is 0 Å². The molecule has 1 aromatic carbocycles. The van der Waals surface area contributed by atoms with Crippen molar-refractivity contribution in [1.29, 1.82) is 0 Å². The van der Waals surface area contributed by atoms with Gasteiger partial charge in [0.2, 0.25) is 0 Å². The van der Waals surface area contributed by atoms with Crippen molar-refractivity contribution in [1.82, 2.24) is 24.3 Å². The Labute approximate surface area is 151 Å². The quantitative estimate of drug-likeness (QED) is 0.592. The van der Waals surface area contributed by atoms with Gasteiger partial charge in [-0.05, 0) is 25.0 Å². The summed E-state index contributed by atoms with van der Waals surface area (Å²) in [7, 11) is 0. The number of thiazole rings is 1. The molecule has 0 saturated carbocycles. The molecule has 4 aromatic rings. The first kappa shape index (κ1) is 15.3. The van der Waals surface area contributed by atoms with Crippen molar-refractivity contribution < 1.29 is 4.79 Å². The van der Waals surface area contributed by atoms with Crippen LogP contribution in [-0.4, -0.2) is 36.7 Å².